The number of carbonyl (C=O) groups excluding carboxylic acids is 1. The second-order valence-electron chi connectivity index (χ2n) is 6.21. The molecule has 24 heavy (non-hydrogen) atoms. The van der Waals surface area contributed by atoms with E-state index in [9.17, 15) is 13.2 Å². The molecule has 1 fully saturated rings. The van der Waals surface area contributed by atoms with Crippen LogP contribution in [0.2, 0.25) is 0 Å². The van der Waals surface area contributed by atoms with Gasteiger partial charge in [0.15, 0.2) is 9.84 Å². The summed E-state index contributed by atoms with van der Waals surface area (Å²) in [6, 6.07) is 6.31. The number of benzene rings is 1. The van der Waals surface area contributed by atoms with Crippen LogP contribution in [0.3, 0.4) is 0 Å². The zero-order chi connectivity index (χ0) is 17.4. The van der Waals surface area contributed by atoms with E-state index in [1.807, 2.05) is 0 Å². The Kier molecular flexibility index (Phi) is 7.05. The van der Waals surface area contributed by atoms with E-state index in [0.717, 1.165) is 19.6 Å². The summed E-state index contributed by atoms with van der Waals surface area (Å²) in [5.74, 6) is 1.19. The molecule has 1 unspecified atom stereocenters. The lowest BCUT2D eigenvalue weighted by Gasteiger charge is -2.22. The summed E-state index contributed by atoms with van der Waals surface area (Å²) in [5, 5.41) is 6.31. The van der Waals surface area contributed by atoms with E-state index in [1.54, 1.807) is 12.1 Å². The van der Waals surface area contributed by atoms with E-state index in [1.165, 1.54) is 31.2 Å². The van der Waals surface area contributed by atoms with Crippen LogP contribution in [0, 0.1) is 5.92 Å². The van der Waals surface area contributed by atoms with Crippen molar-refractivity contribution in [2.24, 2.45) is 5.92 Å². The van der Waals surface area contributed by atoms with E-state index in [2.05, 4.69) is 10.6 Å². The van der Waals surface area contributed by atoms with Gasteiger partial charge in [0.2, 0.25) is 5.91 Å². The van der Waals surface area contributed by atoms with Gasteiger partial charge in [-0.1, -0.05) is 0 Å². The monoisotopic (exact) mass is 354 g/mol. The van der Waals surface area contributed by atoms with Crippen molar-refractivity contribution in [3.05, 3.63) is 24.3 Å². The molecular formula is C17H26N2O4S. The summed E-state index contributed by atoms with van der Waals surface area (Å²) < 4.78 is 28.3. The summed E-state index contributed by atoms with van der Waals surface area (Å²) in [7, 11) is -3.18. The summed E-state index contributed by atoms with van der Waals surface area (Å²) in [4.78, 5) is 12.1. The molecule has 0 bridgehead atoms. The quantitative estimate of drug-likeness (QED) is 0.689. The fourth-order valence-electron chi connectivity index (χ4n) is 2.65. The normalized spacial score (nSPS) is 18.1. The number of amides is 1. The topological polar surface area (TPSA) is 84.5 Å². The van der Waals surface area contributed by atoms with Crippen LogP contribution >= 0.6 is 0 Å². The third-order valence-corrected chi connectivity index (χ3v) is 5.18. The molecule has 1 amide bonds. The van der Waals surface area contributed by atoms with E-state index < -0.39 is 9.84 Å². The molecule has 7 heteroatoms. The Bertz CT molecular complexity index is 622. The standard InChI is InChI=1S/C17H26N2O4S/c1-24(21,22)16-8-6-15(7-9-16)23-11-3-5-17(20)19-13-14-4-2-10-18-12-14/h6-9,14,18H,2-5,10-13H2,1H3,(H,19,20). The van der Waals surface area contributed by atoms with E-state index >= 15 is 0 Å². The average molecular weight is 354 g/mol. The molecule has 0 spiro atoms. The first kappa shape index (κ1) is 18.7. The molecule has 1 aliphatic rings. The van der Waals surface area contributed by atoms with Crippen LogP contribution in [0.5, 0.6) is 5.75 Å². The summed E-state index contributed by atoms with van der Waals surface area (Å²) >= 11 is 0. The molecule has 1 aromatic rings. The minimum atomic E-state index is -3.18. The first-order valence-corrected chi connectivity index (χ1v) is 10.2. The molecular weight excluding hydrogens is 328 g/mol. The molecule has 1 saturated heterocycles. The number of carbonyl (C=O) groups is 1. The van der Waals surface area contributed by atoms with Crippen molar-refractivity contribution < 1.29 is 17.9 Å². The number of sulfone groups is 1. The highest BCUT2D eigenvalue weighted by atomic mass is 32.2. The molecule has 2 rings (SSSR count). The van der Waals surface area contributed by atoms with Gasteiger partial charge in [0.05, 0.1) is 11.5 Å². The predicted octanol–water partition coefficient (Wildman–Crippen LogP) is 1.36. The highest BCUT2D eigenvalue weighted by Crippen LogP contribution is 2.16. The summed E-state index contributed by atoms with van der Waals surface area (Å²) in [6.07, 6.45) is 4.57. The summed E-state index contributed by atoms with van der Waals surface area (Å²) in [5.41, 5.74) is 0. The molecule has 0 radical (unpaired) electrons. The third kappa shape index (κ3) is 6.49. The zero-order valence-corrected chi connectivity index (χ0v) is 14.9. The van der Waals surface area contributed by atoms with Crippen LogP contribution in [-0.4, -0.2) is 46.8 Å². The molecule has 1 aliphatic heterocycles. The number of piperidine rings is 1. The maximum absolute atomic E-state index is 11.8. The second kappa shape index (κ2) is 9.03. The fourth-order valence-corrected chi connectivity index (χ4v) is 3.28. The van der Waals surface area contributed by atoms with Crippen molar-refractivity contribution in [3.63, 3.8) is 0 Å². The predicted molar refractivity (Wildman–Crippen MR) is 92.9 cm³/mol. The molecule has 0 aromatic heterocycles. The third-order valence-electron chi connectivity index (χ3n) is 4.06. The molecule has 1 atom stereocenters. The lowest BCUT2D eigenvalue weighted by atomic mass is 10.00. The highest BCUT2D eigenvalue weighted by Gasteiger charge is 2.13. The van der Waals surface area contributed by atoms with Crippen LogP contribution in [0.1, 0.15) is 25.7 Å². The molecule has 1 heterocycles. The Morgan fingerprint density at radius 1 is 1.33 bits per heavy atom. The highest BCUT2D eigenvalue weighted by molar-refractivity contribution is 7.90. The van der Waals surface area contributed by atoms with Gasteiger partial charge in [-0.25, -0.2) is 8.42 Å². The van der Waals surface area contributed by atoms with Gasteiger partial charge in [-0.05, 0) is 62.5 Å². The van der Waals surface area contributed by atoms with Crippen molar-refractivity contribution in [2.45, 2.75) is 30.6 Å². The minimum absolute atomic E-state index is 0.0524. The molecule has 2 N–H and O–H groups in total. The van der Waals surface area contributed by atoms with Gasteiger partial charge in [-0.2, -0.15) is 0 Å². The Hall–Kier alpha value is -1.60. The Morgan fingerprint density at radius 3 is 2.71 bits per heavy atom. The van der Waals surface area contributed by atoms with Crippen LogP contribution in [0.15, 0.2) is 29.2 Å². The zero-order valence-electron chi connectivity index (χ0n) is 14.1. The van der Waals surface area contributed by atoms with Crippen molar-refractivity contribution in [1.82, 2.24) is 10.6 Å². The van der Waals surface area contributed by atoms with Gasteiger partial charge in [0.25, 0.3) is 0 Å². The van der Waals surface area contributed by atoms with Gasteiger partial charge in [-0.15, -0.1) is 0 Å². The molecule has 0 aliphatic carbocycles. The average Bonchev–Trinajstić information content (AvgIpc) is 2.57. The Labute approximate surface area is 143 Å². The lowest BCUT2D eigenvalue weighted by Crippen LogP contribution is -2.38. The SMILES string of the molecule is CS(=O)(=O)c1ccc(OCCCC(=O)NCC2CCCNC2)cc1. The molecule has 134 valence electrons. The van der Waals surface area contributed by atoms with Crippen molar-refractivity contribution >= 4 is 15.7 Å². The fraction of sp³-hybridized carbons (Fsp3) is 0.588. The second-order valence-corrected chi connectivity index (χ2v) is 8.23. The minimum Gasteiger partial charge on any atom is -0.494 e. The van der Waals surface area contributed by atoms with E-state index in [4.69, 9.17) is 4.74 Å². The maximum atomic E-state index is 11.8. The van der Waals surface area contributed by atoms with Crippen molar-refractivity contribution in [1.29, 1.82) is 0 Å². The number of hydrogen-bond acceptors (Lipinski definition) is 5. The smallest absolute Gasteiger partial charge is 0.220 e. The van der Waals surface area contributed by atoms with Crippen LogP contribution in [-0.2, 0) is 14.6 Å². The van der Waals surface area contributed by atoms with Crippen LogP contribution in [0.4, 0.5) is 0 Å². The van der Waals surface area contributed by atoms with Crippen LogP contribution < -0.4 is 15.4 Å². The lowest BCUT2D eigenvalue weighted by molar-refractivity contribution is -0.121. The van der Waals surface area contributed by atoms with Gasteiger partial charge in [0, 0.05) is 19.2 Å². The summed E-state index contributed by atoms with van der Waals surface area (Å²) in [6.45, 7) is 3.22. The van der Waals surface area contributed by atoms with Gasteiger partial charge in [0.1, 0.15) is 5.75 Å². The van der Waals surface area contributed by atoms with Gasteiger partial charge < -0.3 is 15.4 Å². The maximum Gasteiger partial charge on any atom is 0.220 e. The van der Waals surface area contributed by atoms with E-state index in [-0.39, 0.29) is 10.8 Å². The number of hydrogen-bond donors (Lipinski definition) is 2. The first-order valence-electron chi connectivity index (χ1n) is 8.35. The molecule has 6 nitrogen and oxygen atoms in total. The Balaban J connectivity index is 1.61. The Morgan fingerprint density at radius 2 is 2.08 bits per heavy atom. The first-order chi connectivity index (χ1) is 11.4. The largest absolute Gasteiger partial charge is 0.494 e. The molecule has 1 aromatic carbocycles. The van der Waals surface area contributed by atoms with Crippen molar-refractivity contribution in [2.75, 3.05) is 32.5 Å². The van der Waals surface area contributed by atoms with E-state index in [0.29, 0.717) is 31.1 Å². The van der Waals surface area contributed by atoms with Gasteiger partial charge >= 0.3 is 0 Å². The van der Waals surface area contributed by atoms with Crippen molar-refractivity contribution in [3.8, 4) is 5.75 Å². The van der Waals surface area contributed by atoms with Gasteiger partial charge in [-0.3, -0.25) is 4.79 Å². The number of rotatable bonds is 8. The molecule has 0 saturated carbocycles. The van der Waals surface area contributed by atoms with Crippen LogP contribution in [0.25, 0.3) is 0 Å². The number of nitrogens with one attached hydrogen (secondary N) is 2. The number of ether oxygens (including phenoxy) is 1.